The van der Waals surface area contributed by atoms with Crippen LogP contribution >= 0.6 is 0 Å². The van der Waals surface area contributed by atoms with Crippen molar-refractivity contribution >= 4 is 24.0 Å². The lowest BCUT2D eigenvalue weighted by molar-refractivity contribution is -0.458. The minimum absolute atomic E-state index is 0.178. The number of aliphatic imine (C=N–C) groups is 1. The zero-order valence-corrected chi connectivity index (χ0v) is 16.8. The van der Waals surface area contributed by atoms with Crippen molar-refractivity contribution in [1.82, 2.24) is 4.90 Å². The van der Waals surface area contributed by atoms with Crippen LogP contribution in [-0.4, -0.2) is 47.7 Å². The molecule has 0 spiro atoms. The average molecular weight is 404 g/mol. The maximum Gasteiger partial charge on any atom is 0.446 e. The molecule has 7 heteroatoms. The molecule has 4 rings (SSSR count). The van der Waals surface area contributed by atoms with Crippen molar-refractivity contribution in [3.63, 3.8) is 0 Å². The molecule has 0 bridgehead atoms. The molecule has 7 nitrogen and oxygen atoms in total. The Hall–Kier alpha value is -3.74. The number of allylic oxidation sites excluding steroid dienone is 1. The molecule has 0 fully saturated rings. The number of urea groups is 1. The molecule has 0 aliphatic carbocycles. The topological polar surface area (TPSA) is 71.2 Å². The predicted octanol–water partition coefficient (Wildman–Crippen LogP) is 3.03. The van der Waals surface area contributed by atoms with Gasteiger partial charge < -0.3 is 9.47 Å². The Kier molecular flexibility index (Phi) is 5.43. The quantitative estimate of drug-likeness (QED) is 0.694. The molecule has 2 aliphatic heterocycles. The monoisotopic (exact) mass is 404 g/mol. The first kappa shape index (κ1) is 19.6. The van der Waals surface area contributed by atoms with Gasteiger partial charge in [0.2, 0.25) is 0 Å². The van der Waals surface area contributed by atoms with Crippen LogP contribution in [0, 0.1) is 5.92 Å². The molecular formula is C23H22N3O4+. The summed E-state index contributed by atoms with van der Waals surface area (Å²) in [7, 11) is 3.19. The van der Waals surface area contributed by atoms with Gasteiger partial charge in [0.05, 0.1) is 14.2 Å². The number of ether oxygens (including phenoxy) is 2. The summed E-state index contributed by atoms with van der Waals surface area (Å²) in [6.45, 7) is 0.469. The normalized spacial score (nSPS) is 17.9. The zero-order chi connectivity index (χ0) is 21.1. The van der Waals surface area contributed by atoms with Crippen LogP contribution in [0.4, 0.5) is 4.79 Å². The second kappa shape index (κ2) is 8.32. The number of methoxy groups -OCH3 is 2. The van der Waals surface area contributed by atoms with E-state index in [9.17, 15) is 9.59 Å². The Bertz CT molecular complexity index is 1070. The van der Waals surface area contributed by atoms with Crippen LogP contribution in [0.3, 0.4) is 0 Å². The van der Waals surface area contributed by atoms with Gasteiger partial charge >= 0.3 is 11.9 Å². The summed E-state index contributed by atoms with van der Waals surface area (Å²) in [5.41, 5.74) is 1.73. The lowest BCUT2D eigenvalue weighted by Gasteiger charge is -2.27. The van der Waals surface area contributed by atoms with Crippen molar-refractivity contribution in [3.8, 4) is 11.5 Å². The number of carbonyl (C=O) groups is 2. The lowest BCUT2D eigenvalue weighted by atomic mass is 10.0. The number of carbonyl (C=O) groups excluding carboxylic acids is 2. The molecule has 2 aliphatic rings. The SMILES string of the molecule is COc1ccc(CN2C(=O)C3C=CC=NC3=[N+](Cc3cccc(OC)c3)C2=O)cc1. The molecule has 0 N–H and O–H groups in total. The van der Waals surface area contributed by atoms with E-state index in [0.29, 0.717) is 18.1 Å². The third-order valence-corrected chi connectivity index (χ3v) is 5.12. The molecule has 2 heterocycles. The van der Waals surface area contributed by atoms with E-state index in [0.717, 1.165) is 16.9 Å². The van der Waals surface area contributed by atoms with Gasteiger partial charge in [-0.15, -0.1) is 4.99 Å². The van der Waals surface area contributed by atoms with E-state index in [4.69, 9.17) is 9.47 Å². The number of nitrogens with zero attached hydrogens (tertiary/aromatic N) is 3. The minimum Gasteiger partial charge on any atom is -0.497 e. The lowest BCUT2D eigenvalue weighted by Crippen LogP contribution is -2.53. The molecule has 0 aromatic heterocycles. The van der Waals surface area contributed by atoms with Gasteiger partial charge in [-0.3, -0.25) is 4.79 Å². The fourth-order valence-electron chi connectivity index (χ4n) is 3.54. The standard InChI is InChI=1S/C23H22N3O4/c1-29-18-10-8-16(9-11-18)14-26-22(27)20-7-4-12-24-21(20)25(23(26)28)15-17-5-3-6-19(13-17)30-2/h3-13,20H,14-15H2,1-2H3/q+1. The summed E-state index contributed by atoms with van der Waals surface area (Å²) >= 11 is 0. The number of hydrogen-bond donors (Lipinski definition) is 0. The Morgan fingerprint density at radius 1 is 1.00 bits per heavy atom. The van der Waals surface area contributed by atoms with Gasteiger partial charge in [-0.05, 0) is 41.5 Å². The van der Waals surface area contributed by atoms with Gasteiger partial charge in [0, 0.05) is 0 Å². The first-order valence-corrected chi connectivity index (χ1v) is 9.57. The number of fused-ring (bicyclic) bond motifs is 1. The maximum atomic E-state index is 13.3. The smallest absolute Gasteiger partial charge is 0.446 e. The van der Waals surface area contributed by atoms with Gasteiger partial charge in [-0.1, -0.05) is 30.3 Å². The number of benzene rings is 2. The number of amidine groups is 1. The van der Waals surface area contributed by atoms with E-state index < -0.39 is 11.9 Å². The third-order valence-electron chi connectivity index (χ3n) is 5.12. The van der Waals surface area contributed by atoms with Crippen molar-refractivity contribution in [3.05, 3.63) is 71.8 Å². The van der Waals surface area contributed by atoms with E-state index >= 15 is 0 Å². The van der Waals surface area contributed by atoms with Gasteiger partial charge in [-0.2, -0.15) is 9.48 Å². The molecule has 0 saturated carbocycles. The second-order valence-corrected chi connectivity index (χ2v) is 6.99. The predicted molar refractivity (Wildman–Crippen MR) is 112 cm³/mol. The maximum absolute atomic E-state index is 13.3. The summed E-state index contributed by atoms with van der Waals surface area (Å²) < 4.78 is 12.0. The molecule has 2 aromatic carbocycles. The number of imide groups is 1. The highest BCUT2D eigenvalue weighted by atomic mass is 16.5. The highest BCUT2D eigenvalue weighted by Crippen LogP contribution is 2.23. The van der Waals surface area contributed by atoms with Crippen molar-refractivity contribution in [2.75, 3.05) is 14.2 Å². The minimum atomic E-state index is -0.587. The van der Waals surface area contributed by atoms with Crippen LogP contribution in [-0.2, 0) is 17.9 Å². The highest BCUT2D eigenvalue weighted by Gasteiger charge is 2.46. The Balaban J connectivity index is 1.68. The molecule has 1 atom stereocenters. The van der Waals surface area contributed by atoms with E-state index in [2.05, 4.69) is 4.99 Å². The molecule has 30 heavy (non-hydrogen) atoms. The largest absolute Gasteiger partial charge is 0.497 e. The number of dihydropyridines is 1. The summed E-state index contributed by atoms with van der Waals surface area (Å²) in [5.74, 6) is 1.00. The number of hydrogen-bond acceptors (Lipinski definition) is 5. The fraction of sp³-hybridized carbons (Fsp3) is 0.217. The zero-order valence-electron chi connectivity index (χ0n) is 16.8. The van der Waals surface area contributed by atoms with Gasteiger partial charge in [0.15, 0.2) is 5.92 Å². The van der Waals surface area contributed by atoms with Crippen LogP contribution in [0.25, 0.3) is 0 Å². The van der Waals surface area contributed by atoms with E-state index in [1.807, 2.05) is 48.5 Å². The van der Waals surface area contributed by atoms with Crippen molar-refractivity contribution in [1.29, 1.82) is 0 Å². The Morgan fingerprint density at radius 2 is 1.77 bits per heavy atom. The summed E-state index contributed by atoms with van der Waals surface area (Å²) in [5, 5.41) is 0. The van der Waals surface area contributed by atoms with Crippen LogP contribution in [0.2, 0.25) is 0 Å². The van der Waals surface area contributed by atoms with Gasteiger partial charge in [-0.25, -0.2) is 4.79 Å². The fourth-order valence-corrected chi connectivity index (χ4v) is 3.54. The molecule has 152 valence electrons. The third kappa shape index (κ3) is 3.74. The Morgan fingerprint density at radius 3 is 2.50 bits per heavy atom. The molecule has 0 saturated heterocycles. The van der Waals surface area contributed by atoms with Crippen molar-refractivity contribution in [2.24, 2.45) is 10.9 Å². The summed E-state index contributed by atoms with van der Waals surface area (Å²) in [6.07, 6.45) is 5.11. The van der Waals surface area contributed by atoms with Crippen LogP contribution in [0.15, 0.2) is 65.7 Å². The highest BCUT2D eigenvalue weighted by molar-refractivity contribution is 6.14. The first-order chi connectivity index (χ1) is 14.6. The molecule has 1 unspecified atom stereocenters. The van der Waals surface area contributed by atoms with Crippen molar-refractivity contribution < 1.29 is 23.6 Å². The van der Waals surface area contributed by atoms with Gasteiger partial charge in [0.1, 0.15) is 30.8 Å². The van der Waals surface area contributed by atoms with E-state index in [1.165, 1.54) is 4.90 Å². The van der Waals surface area contributed by atoms with Crippen LogP contribution in [0.5, 0.6) is 11.5 Å². The van der Waals surface area contributed by atoms with E-state index in [-0.39, 0.29) is 12.5 Å². The average Bonchev–Trinajstić information content (AvgIpc) is 2.80. The van der Waals surface area contributed by atoms with Gasteiger partial charge in [0.25, 0.3) is 5.84 Å². The number of rotatable bonds is 6. The van der Waals surface area contributed by atoms with Crippen LogP contribution < -0.4 is 9.47 Å². The summed E-state index contributed by atoms with van der Waals surface area (Å²) in [4.78, 5) is 32.0. The summed E-state index contributed by atoms with van der Waals surface area (Å²) in [6, 6.07) is 14.4. The molecule has 3 amide bonds. The second-order valence-electron chi connectivity index (χ2n) is 6.99. The molecule has 2 aromatic rings. The molecule has 0 radical (unpaired) electrons. The van der Waals surface area contributed by atoms with Crippen molar-refractivity contribution in [2.45, 2.75) is 13.1 Å². The molecular weight excluding hydrogens is 382 g/mol. The first-order valence-electron chi connectivity index (χ1n) is 9.57. The van der Waals surface area contributed by atoms with E-state index in [1.54, 1.807) is 37.2 Å². The van der Waals surface area contributed by atoms with Crippen LogP contribution in [0.1, 0.15) is 11.1 Å². The number of amides is 3. The Labute approximate surface area is 174 Å².